The summed E-state index contributed by atoms with van der Waals surface area (Å²) >= 11 is 0. The highest BCUT2D eigenvalue weighted by atomic mass is 16.1. The van der Waals surface area contributed by atoms with Crippen molar-refractivity contribution < 1.29 is 4.79 Å². The minimum Gasteiger partial charge on any atom is -0.367 e. The molecule has 4 nitrogen and oxygen atoms in total. The van der Waals surface area contributed by atoms with Gasteiger partial charge in [0.2, 0.25) is 0 Å². The molecular formula is C21H27N3O. The number of hydrogen-bond acceptors (Lipinski definition) is 3. The highest BCUT2D eigenvalue weighted by Gasteiger charge is 2.21. The summed E-state index contributed by atoms with van der Waals surface area (Å²) in [5.41, 5.74) is 3.90. The lowest BCUT2D eigenvalue weighted by Crippen LogP contribution is -2.39. The van der Waals surface area contributed by atoms with Crippen LogP contribution in [0.25, 0.3) is 0 Å². The SMILES string of the molecule is CCC1CCCCN1c1ccc(C(=O)NCc2cccc(C)c2)nc1. The van der Waals surface area contributed by atoms with Crippen LogP contribution >= 0.6 is 0 Å². The van der Waals surface area contributed by atoms with Gasteiger partial charge in [0.15, 0.2) is 0 Å². The Morgan fingerprint density at radius 3 is 2.88 bits per heavy atom. The van der Waals surface area contributed by atoms with E-state index in [4.69, 9.17) is 0 Å². The number of carbonyl (C=O) groups is 1. The molecular weight excluding hydrogens is 310 g/mol. The number of carbonyl (C=O) groups excluding carboxylic acids is 1. The fourth-order valence-electron chi connectivity index (χ4n) is 3.55. The number of nitrogens with zero attached hydrogens (tertiary/aromatic N) is 2. The van der Waals surface area contributed by atoms with Crippen LogP contribution in [0.2, 0.25) is 0 Å². The van der Waals surface area contributed by atoms with Gasteiger partial charge in [0.05, 0.1) is 11.9 Å². The number of aryl methyl sites for hydroxylation is 1. The van der Waals surface area contributed by atoms with Gasteiger partial charge in [0.1, 0.15) is 5.69 Å². The minimum absolute atomic E-state index is 0.126. The Bertz CT molecular complexity index is 711. The van der Waals surface area contributed by atoms with E-state index < -0.39 is 0 Å². The Morgan fingerprint density at radius 2 is 2.16 bits per heavy atom. The highest BCUT2D eigenvalue weighted by Crippen LogP contribution is 2.25. The Balaban J connectivity index is 1.62. The molecule has 3 rings (SSSR count). The van der Waals surface area contributed by atoms with Crippen molar-refractivity contribution in [3.05, 3.63) is 59.4 Å². The quantitative estimate of drug-likeness (QED) is 0.894. The van der Waals surface area contributed by atoms with E-state index in [-0.39, 0.29) is 5.91 Å². The zero-order chi connectivity index (χ0) is 17.6. The maximum absolute atomic E-state index is 12.3. The molecule has 1 saturated heterocycles. The second-order valence-electron chi connectivity index (χ2n) is 6.82. The number of hydrogen-bond donors (Lipinski definition) is 1. The Morgan fingerprint density at radius 1 is 1.28 bits per heavy atom. The van der Waals surface area contributed by atoms with Gasteiger partial charge in [-0.2, -0.15) is 0 Å². The van der Waals surface area contributed by atoms with Crippen molar-refractivity contribution >= 4 is 11.6 Å². The van der Waals surface area contributed by atoms with Crippen molar-refractivity contribution in [2.24, 2.45) is 0 Å². The van der Waals surface area contributed by atoms with Gasteiger partial charge in [0, 0.05) is 19.1 Å². The Kier molecular flexibility index (Phi) is 5.69. The predicted octanol–water partition coefficient (Wildman–Crippen LogP) is 4.09. The Labute approximate surface area is 150 Å². The monoisotopic (exact) mass is 337 g/mol. The van der Waals surface area contributed by atoms with Crippen LogP contribution in [0.1, 0.15) is 54.2 Å². The van der Waals surface area contributed by atoms with Crippen LogP contribution in [0.15, 0.2) is 42.6 Å². The maximum atomic E-state index is 12.3. The molecule has 0 radical (unpaired) electrons. The molecule has 25 heavy (non-hydrogen) atoms. The van der Waals surface area contributed by atoms with Gasteiger partial charge in [-0.05, 0) is 50.3 Å². The second-order valence-corrected chi connectivity index (χ2v) is 6.82. The average Bonchev–Trinajstić information content (AvgIpc) is 2.66. The fraction of sp³-hybridized carbons (Fsp3) is 0.429. The van der Waals surface area contributed by atoms with E-state index >= 15 is 0 Å². The van der Waals surface area contributed by atoms with Crippen LogP contribution in [0.3, 0.4) is 0 Å². The second kappa shape index (κ2) is 8.15. The molecule has 0 saturated carbocycles. The van der Waals surface area contributed by atoms with Gasteiger partial charge >= 0.3 is 0 Å². The zero-order valence-electron chi connectivity index (χ0n) is 15.2. The number of anilines is 1. The van der Waals surface area contributed by atoms with Gasteiger partial charge in [-0.1, -0.05) is 36.8 Å². The first kappa shape index (κ1) is 17.5. The molecule has 1 N–H and O–H groups in total. The summed E-state index contributed by atoms with van der Waals surface area (Å²) in [6.45, 7) is 5.90. The van der Waals surface area contributed by atoms with E-state index in [2.05, 4.69) is 41.2 Å². The van der Waals surface area contributed by atoms with Crippen molar-refractivity contribution in [3.8, 4) is 0 Å². The van der Waals surface area contributed by atoms with E-state index in [1.807, 2.05) is 30.5 Å². The molecule has 0 aliphatic carbocycles. The highest BCUT2D eigenvalue weighted by molar-refractivity contribution is 5.92. The summed E-state index contributed by atoms with van der Waals surface area (Å²) in [6.07, 6.45) is 6.78. The molecule has 4 heteroatoms. The summed E-state index contributed by atoms with van der Waals surface area (Å²) < 4.78 is 0. The first-order chi connectivity index (χ1) is 12.2. The molecule has 1 aromatic carbocycles. The van der Waals surface area contributed by atoms with Crippen LogP contribution in [0, 0.1) is 6.92 Å². The molecule has 1 unspecified atom stereocenters. The fourth-order valence-corrected chi connectivity index (χ4v) is 3.55. The summed E-state index contributed by atoms with van der Waals surface area (Å²) in [7, 11) is 0. The van der Waals surface area contributed by atoms with Crippen molar-refractivity contribution in [1.82, 2.24) is 10.3 Å². The average molecular weight is 337 g/mol. The number of rotatable bonds is 5. The number of pyridine rings is 1. The topological polar surface area (TPSA) is 45.2 Å². The summed E-state index contributed by atoms with van der Waals surface area (Å²) in [6, 6.07) is 12.6. The lowest BCUT2D eigenvalue weighted by Gasteiger charge is -2.37. The molecule has 1 aliphatic heterocycles. The van der Waals surface area contributed by atoms with Crippen LogP contribution in [-0.4, -0.2) is 23.5 Å². The van der Waals surface area contributed by atoms with E-state index in [0.29, 0.717) is 18.3 Å². The van der Waals surface area contributed by atoms with Crippen molar-refractivity contribution in [3.63, 3.8) is 0 Å². The third-order valence-electron chi connectivity index (χ3n) is 4.95. The van der Waals surface area contributed by atoms with Gasteiger partial charge in [0.25, 0.3) is 5.91 Å². The normalized spacial score (nSPS) is 17.4. The van der Waals surface area contributed by atoms with Crippen LogP contribution in [0.4, 0.5) is 5.69 Å². The van der Waals surface area contributed by atoms with Crippen LogP contribution < -0.4 is 10.2 Å². The summed E-state index contributed by atoms with van der Waals surface area (Å²) in [5.74, 6) is -0.126. The van der Waals surface area contributed by atoms with Crippen LogP contribution in [0.5, 0.6) is 0 Å². The van der Waals surface area contributed by atoms with Gasteiger partial charge in [-0.25, -0.2) is 4.98 Å². The molecule has 0 bridgehead atoms. The molecule has 132 valence electrons. The first-order valence-corrected chi connectivity index (χ1v) is 9.24. The van der Waals surface area contributed by atoms with Crippen molar-refractivity contribution in [2.45, 2.75) is 52.1 Å². The predicted molar refractivity (Wildman–Crippen MR) is 102 cm³/mol. The molecule has 2 heterocycles. The largest absolute Gasteiger partial charge is 0.367 e. The lowest BCUT2D eigenvalue weighted by molar-refractivity contribution is 0.0946. The Hall–Kier alpha value is -2.36. The number of benzene rings is 1. The summed E-state index contributed by atoms with van der Waals surface area (Å²) in [4.78, 5) is 19.2. The molecule has 1 fully saturated rings. The van der Waals surface area contributed by atoms with E-state index in [0.717, 1.165) is 24.2 Å². The molecule has 0 spiro atoms. The number of nitrogens with one attached hydrogen (secondary N) is 1. The first-order valence-electron chi connectivity index (χ1n) is 9.24. The van der Waals surface area contributed by atoms with E-state index in [9.17, 15) is 4.79 Å². The van der Waals surface area contributed by atoms with Crippen LogP contribution in [-0.2, 0) is 6.54 Å². The smallest absolute Gasteiger partial charge is 0.270 e. The standard InChI is InChI=1S/C21H27N3O/c1-3-18-9-4-5-12-24(18)19-10-11-20(22-15-19)21(25)23-14-17-8-6-7-16(2)13-17/h6-8,10-11,13,15,18H,3-5,9,12,14H2,1-2H3,(H,23,25). The number of aromatic nitrogens is 1. The third-order valence-corrected chi connectivity index (χ3v) is 4.95. The molecule has 1 aromatic heterocycles. The van der Waals surface area contributed by atoms with E-state index in [1.54, 1.807) is 0 Å². The molecule has 1 atom stereocenters. The van der Waals surface area contributed by atoms with Gasteiger partial charge in [-0.3, -0.25) is 4.79 Å². The van der Waals surface area contributed by atoms with E-state index in [1.165, 1.54) is 24.8 Å². The number of piperidine rings is 1. The lowest BCUT2D eigenvalue weighted by atomic mass is 9.99. The molecule has 1 amide bonds. The van der Waals surface area contributed by atoms with Gasteiger partial charge < -0.3 is 10.2 Å². The molecule has 1 aliphatic rings. The van der Waals surface area contributed by atoms with Gasteiger partial charge in [-0.15, -0.1) is 0 Å². The maximum Gasteiger partial charge on any atom is 0.270 e. The van der Waals surface area contributed by atoms with Crippen molar-refractivity contribution in [2.75, 3.05) is 11.4 Å². The van der Waals surface area contributed by atoms with Crippen molar-refractivity contribution in [1.29, 1.82) is 0 Å². The third kappa shape index (κ3) is 4.38. The minimum atomic E-state index is -0.126. The zero-order valence-corrected chi connectivity index (χ0v) is 15.2. The summed E-state index contributed by atoms with van der Waals surface area (Å²) in [5, 5.41) is 2.95. The molecule has 2 aromatic rings. The number of amides is 1.